The predicted octanol–water partition coefficient (Wildman–Crippen LogP) is 4.04. The Morgan fingerprint density at radius 1 is 0.516 bits per heavy atom. The molecule has 508 valence electrons. The molecule has 1 fully saturated rings. The van der Waals surface area contributed by atoms with E-state index in [4.69, 9.17) is 51.4 Å². The number of carbonyl (C=O) groups excluding carboxylic acids is 4. The van der Waals surface area contributed by atoms with Crippen LogP contribution in [0.3, 0.4) is 0 Å². The number of phosphoric acid groups is 3. The third-order valence-electron chi connectivity index (χ3n) is 13.0. The highest BCUT2D eigenvalue weighted by molar-refractivity contribution is 7.47. The first-order valence-electron chi connectivity index (χ1n) is 29.2. The normalized spacial score (nSPS) is 18.6. The van der Waals surface area contributed by atoms with Crippen LogP contribution in [0, 0.1) is 0 Å². The average Bonchev–Trinajstić information content (AvgIpc) is 1.11. The van der Waals surface area contributed by atoms with Gasteiger partial charge in [0.2, 0.25) is 17.7 Å². The Morgan fingerprint density at radius 2 is 0.989 bits per heavy atom. The van der Waals surface area contributed by atoms with Crippen molar-refractivity contribution in [3.05, 3.63) is 84.4 Å². The lowest BCUT2D eigenvalue weighted by Gasteiger charge is -2.44. The molecule has 5 rings (SSSR count). The van der Waals surface area contributed by atoms with Crippen LogP contribution >= 0.6 is 23.5 Å². The van der Waals surface area contributed by atoms with Gasteiger partial charge in [-0.3, -0.25) is 32.5 Å². The molecule has 10 N–H and O–H groups in total. The van der Waals surface area contributed by atoms with E-state index in [1.807, 2.05) is 73.7 Å². The number of esters is 2. The fourth-order valence-electron chi connectivity index (χ4n) is 8.46. The van der Waals surface area contributed by atoms with Crippen molar-refractivity contribution >= 4 is 47.4 Å². The Morgan fingerprint density at radius 3 is 1.53 bits per heavy atom. The number of aromatic nitrogens is 2. The first-order valence-corrected chi connectivity index (χ1v) is 33.7. The maximum absolute atomic E-state index is 13.0. The molecule has 1 aliphatic rings. The summed E-state index contributed by atoms with van der Waals surface area (Å²) >= 11 is 0. The lowest BCUT2D eigenvalue weighted by atomic mass is 9.85. The van der Waals surface area contributed by atoms with E-state index in [0.29, 0.717) is 90.1 Å². The summed E-state index contributed by atoms with van der Waals surface area (Å²) in [4.78, 5) is 97.0. The van der Waals surface area contributed by atoms with Gasteiger partial charge in [0.05, 0.1) is 72.7 Å². The highest BCUT2D eigenvalue weighted by Crippen LogP contribution is 2.51. The quantitative estimate of drug-likeness (QED) is 0.0129. The first-order chi connectivity index (χ1) is 43.5. The fourth-order valence-corrected chi connectivity index (χ4v) is 10.6. The van der Waals surface area contributed by atoms with E-state index in [9.17, 15) is 72.7 Å². The molecule has 32 nitrogen and oxygen atoms in total. The number of unbranched alkanes of at least 4 members (excludes halogenated alkanes) is 4. The number of rotatable bonds is 45. The van der Waals surface area contributed by atoms with E-state index in [-0.39, 0.29) is 64.7 Å². The Balaban J connectivity index is 0.812. The number of aliphatic hydroxyl groups is 3. The van der Waals surface area contributed by atoms with Gasteiger partial charge in [-0.2, -0.15) is 0 Å². The summed E-state index contributed by atoms with van der Waals surface area (Å²) in [6.45, 7) is 3.64. The predicted molar refractivity (Wildman–Crippen MR) is 316 cm³/mol. The van der Waals surface area contributed by atoms with Crippen molar-refractivity contribution in [2.75, 3.05) is 92.4 Å². The monoisotopic (exact) mass is 1350 g/mol. The van der Waals surface area contributed by atoms with Gasteiger partial charge < -0.3 is 92.7 Å². The third kappa shape index (κ3) is 30.4. The summed E-state index contributed by atoms with van der Waals surface area (Å²) in [7, 11) is -16.7. The molecule has 91 heavy (non-hydrogen) atoms. The summed E-state index contributed by atoms with van der Waals surface area (Å²) < 4.78 is 103. The average molecular weight is 1350 g/mol. The zero-order valence-electron chi connectivity index (χ0n) is 50.0. The second kappa shape index (κ2) is 40.6. The maximum Gasteiger partial charge on any atom is 0.472 e. The van der Waals surface area contributed by atoms with E-state index >= 15 is 0 Å². The van der Waals surface area contributed by atoms with E-state index in [2.05, 4.69) is 42.0 Å². The van der Waals surface area contributed by atoms with Gasteiger partial charge in [-0.25, -0.2) is 18.5 Å². The number of nitrogens with one attached hydrogen (secondary N) is 2. The van der Waals surface area contributed by atoms with Gasteiger partial charge in [-0.15, -0.1) is 10.2 Å². The number of nitrogens with zero attached hydrogens (tertiary/aromatic N) is 2. The van der Waals surface area contributed by atoms with Crippen LogP contribution in [-0.2, 0) is 90.6 Å². The number of aliphatic hydroxyl groups excluding tert-OH is 3. The molecule has 0 bridgehead atoms. The van der Waals surface area contributed by atoms with Gasteiger partial charge in [-0.1, -0.05) is 80.8 Å². The van der Waals surface area contributed by atoms with Crippen LogP contribution in [0.1, 0.15) is 70.3 Å². The van der Waals surface area contributed by atoms with Gasteiger partial charge >= 0.3 is 41.5 Å². The van der Waals surface area contributed by atoms with E-state index in [1.165, 1.54) is 0 Å². The highest BCUT2D eigenvalue weighted by atomic mass is 31.2. The number of carbonyl (C=O) groups is 4. The van der Waals surface area contributed by atoms with Crippen molar-refractivity contribution in [2.45, 2.75) is 114 Å². The molecule has 1 saturated carbocycles. The second-order valence-electron chi connectivity index (χ2n) is 20.2. The molecule has 0 saturated heterocycles. The summed E-state index contributed by atoms with van der Waals surface area (Å²) in [5, 5.41) is 45.6. The van der Waals surface area contributed by atoms with Gasteiger partial charge in [0.15, 0.2) is 6.10 Å². The lowest BCUT2D eigenvalue weighted by molar-refractivity contribution is -0.213. The molecule has 35 heteroatoms. The first kappa shape index (κ1) is 76.2. The molecule has 1 aromatic heterocycles. The van der Waals surface area contributed by atoms with E-state index in [1.54, 1.807) is 0 Å². The molecule has 0 spiro atoms. The fraction of sp³-hybridized carbons (Fsp3) is 0.571. The lowest BCUT2D eigenvalue weighted by Crippen LogP contribution is -2.65. The van der Waals surface area contributed by atoms with Crippen LogP contribution in [0.2, 0.25) is 0 Å². The zero-order valence-corrected chi connectivity index (χ0v) is 52.7. The molecular formula is C56H81N4O28P3. The number of hydrogen-bond acceptors (Lipinski definition) is 25. The van der Waals surface area contributed by atoms with Gasteiger partial charge in [0.1, 0.15) is 49.8 Å². The van der Waals surface area contributed by atoms with Crippen LogP contribution in [0.15, 0.2) is 83.3 Å². The van der Waals surface area contributed by atoms with Gasteiger partial charge in [-0.05, 0) is 60.2 Å². The Labute approximate surface area is 524 Å². The molecule has 2 amide bonds. The third-order valence-corrected chi connectivity index (χ3v) is 15.1. The number of amides is 2. The van der Waals surface area contributed by atoms with Crippen LogP contribution in [-0.4, -0.2) is 209 Å². The molecule has 0 aliphatic heterocycles. The van der Waals surface area contributed by atoms with E-state index < -0.39 is 97.4 Å². The Kier molecular flexibility index (Phi) is 34.0. The summed E-state index contributed by atoms with van der Waals surface area (Å²) in [6, 6.07) is 25.5. The topological polar surface area (TPSA) is 455 Å². The molecule has 0 radical (unpaired) electrons. The zero-order chi connectivity index (χ0) is 66.1. The minimum absolute atomic E-state index is 0.0201. The standard InChI is InChI=1S/C56H81N4O28P3/c1-2-3-6-14-47(63)84-44(38-83-91(74,75)88-53-49(65)51(86-89(68,69)70)48(64)52(50(53)66)87-90(71,72)73)37-82-46(62)13-9-5-10-24-57-56(67)81-35-34-80-33-32-79-31-30-78-29-28-77-27-26-76-25-23-45(61)58-36-39-15-17-42(18-16-39)54-59-60-55(85-54)43-21-19-41(20-22-43)40-11-7-4-8-12-40/h4,7-8,11-12,15-22,44,48-53,64-66H,2-3,5-6,9-10,13-14,23-38H2,1H3,(H,57,67)(H,58,61)(H,74,75)(H2,68,69,70)(H2,71,72,73). The molecule has 6 unspecified atom stereocenters. The summed E-state index contributed by atoms with van der Waals surface area (Å²) in [6.07, 6.45) is -14.5. The van der Waals surface area contributed by atoms with Crippen molar-refractivity contribution in [3.8, 4) is 34.0 Å². The minimum atomic E-state index is -5.59. The minimum Gasteiger partial charge on any atom is -0.462 e. The summed E-state index contributed by atoms with van der Waals surface area (Å²) in [5.74, 6) is -0.897. The van der Waals surface area contributed by atoms with Crippen molar-refractivity contribution in [3.63, 3.8) is 0 Å². The van der Waals surface area contributed by atoms with Gasteiger partial charge in [0.25, 0.3) is 0 Å². The van der Waals surface area contributed by atoms with Crippen molar-refractivity contribution in [2.24, 2.45) is 0 Å². The van der Waals surface area contributed by atoms with Crippen molar-refractivity contribution in [1.82, 2.24) is 20.8 Å². The van der Waals surface area contributed by atoms with Gasteiger partial charge in [0, 0.05) is 43.5 Å². The molecule has 3 aromatic carbocycles. The Bertz CT molecular complexity index is 2880. The van der Waals surface area contributed by atoms with Crippen molar-refractivity contribution < 1.29 is 133 Å². The maximum atomic E-state index is 13.0. The Hall–Kier alpha value is -5.51. The SMILES string of the molecule is CCCCCC(=O)OC(COC(=O)CCCCCNC(=O)OCCOCCOCCOCCOCCOCCC(=O)NCc1ccc(-c2nnc(-c3ccc(-c4ccccc4)cc3)o2)cc1)COP(=O)(O)OC1C(O)C(OP(=O)(O)O)C(O)C(OP(=O)(O)O)C1O. The van der Waals surface area contributed by atoms with Crippen LogP contribution in [0.25, 0.3) is 34.0 Å². The largest absolute Gasteiger partial charge is 0.472 e. The number of phosphoric ester groups is 3. The van der Waals surface area contributed by atoms with Crippen LogP contribution < -0.4 is 10.6 Å². The molecule has 1 heterocycles. The van der Waals surface area contributed by atoms with Crippen LogP contribution in [0.4, 0.5) is 4.79 Å². The molecule has 6 atom stereocenters. The van der Waals surface area contributed by atoms with Crippen LogP contribution in [0.5, 0.6) is 0 Å². The smallest absolute Gasteiger partial charge is 0.462 e. The molecular weight excluding hydrogens is 1270 g/mol. The number of hydrogen-bond donors (Lipinski definition) is 10. The highest BCUT2D eigenvalue weighted by Gasteiger charge is 2.56. The number of ether oxygens (including phenoxy) is 8. The molecule has 1 aliphatic carbocycles. The second-order valence-corrected chi connectivity index (χ2v) is 24.0. The van der Waals surface area contributed by atoms with E-state index in [0.717, 1.165) is 34.2 Å². The number of alkyl carbamates (subject to hydrolysis) is 1. The number of benzene rings is 3. The van der Waals surface area contributed by atoms with Crippen molar-refractivity contribution in [1.29, 1.82) is 0 Å². The summed E-state index contributed by atoms with van der Waals surface area (Å²) in [5.41, 5.74) is 4.70. The molecule has 4 aromatic rings.